The Morgan fingerprint density at radius 1 is 1.59 bits per heavy atom. The molecule has 0 aliphatic carbocycles. The molecule has 0 unspecified atom stereocenters. The Labute approximate surface area is 98.5 Å². The maximum atomic E-state index is 13.7. The first-order valence-electron chi connectivity index (χ1n) is 5.40. The molecule has 2 rings (SSSR count). The highest BCUT2D eigenvalue weighted by Gasteiger charge is 2.18. The van der Waals surface area contributed by atoms with Crippen molar-refractivity contribution in [1.82, 2.24) is 0 Å². The van der Waals surface area contributed by atoms with Crippen molar-refractivity contribution in [3.05, 3.63) is 17.9 Å². The maximum absolute atomic E-state index is 13.7. The lowest BCUT2D eigenvalue weighted by Crippen LogP contribution is -2.25. The number of amides is 1. The van der Waals surface area contributed by atoms with Gasteiger partial charge >= 0.3 is 0 Å². The fraction of sp³-hybridized carbons (Fsp3) is 0.333. The van der Waals surface area contributed by atoms with Gasteiger partial charge in [0, 0.05) is 11.8 Å². The van der Waals surface area contributed by atoms with E-state index in [9.17, 15) is 9.18 Å². The Hall–Kier alpha value is -1.91. The Balaban J connectivity index is 2.42. The van der Waals surface area contributed by atoms with Crippen LogP contribution in [0.2, 0.25) is 0 Å². The number of hydrogen-bond donors (Lipinski definition) is 1. The van der Waals surface area contributed by atoms with Gasteiger partial charge in [-0.05, 0) is 19.4 Å². The first-order chi connectivity index (χ1) is 8.10. The predicted octanol–water partition coefficient (Wildman–Crippen LogP) is 2.66. The van der Waals surface area contributed by atoms with Crippen molar-refractivity contribution in [2.45, 2.75) is 20.3 Å². The molecule has 4 nitrogen and oxygen atoms in total. The number of halogens is 1. The molecule has 90 valence electrons. The van der Waals surface area contributed by atoms with E-state index in [0.29, 0.717) is 11.4 Å². The lowest BCUT2D eigenvalue weighted by molar-refractivity contribution is -0.118. The first-order valence-corrected chi connectivity index (χ1v) is 5.40. The third-order valence-corrected chi connectivity index (χ3v) is 2.50. The van der Waals surface area contributed by atoms with Crippen LogP contribution in [0.15, 0.2) is 17.1 Å². The van der Waals surface area contributed by atoms with Gasteiger partial charge in [-0.1, -0.05) is 6.92 Å². The van der Waals surface area contributed by atoms with E-state index >= 15 is 0 Å². The molecule has 0 radical (unpaired) electrons. The predicted molar refractivity (Wildman–Crippen MR) is 63.6 cm³/mol. The van der Waals surface area contributed by atoms with Crippen LogP contribution in [-0.2, 0) is 4.79 Å². The zero-order chi connectivity index (χ0) is 12.4. The van der Waals surface area contributed by atoms with Crippen LogP contribution in [0.25, 0.3) is 0 Å². The number of carbonyl (C=O) groups excluding carboxylic acids is 1. The van der Waals surface area contributed by atoms with Crippen molar-refractivity contribution in [1.29, 1.82) is 0 Å². The zero-order valence-electron chi connectivity index (χ0n) is 9.71. The number of nitrogens with one attached hydrogen (secondary N) is 1. The minimum atomic E-state index is -0.451. The van der Waals surface area contributed by atoms with Crippen LogP contribution in [-0.4, -0.2) is 18.2 Å². The summed E-state index contributed by atoms with van der Waals surface area (Å²) in [5, 5.41) is 2.62. The van der Waals surface area contributed by atoms with Gasteiger partial charge in [-0.25, -0.2) is 4.39 Å². The van der Waals surface area contributed by atoms with Gasteiger partial charge in [0.25, 0.3) is 5.91 Å². The molecule has 0 saturated carbocycles. The first kappa shape index (κ1) is 11.6. The molecule has 0 aromatic heterocycles. The van der Waals surface area contributed by atoms with Crippen LogP contribution < -0.4 is 10.1 Å². The second-order valence-corrected chi connectivity index (χ2v) is 3.84. The maximum Gasteiger partial charge on any atom is 0.262 e. The Kier molecular flexibility index (Phi) is 3.08. The van der Waals surface area contributed by atoms with Gasteiger partial charge in [-0.15, -0.1) is 0 Å². The van der Waals surface area contributed by atoms with Crippen molar-refractivity contribution in [2.24, 2.45) is 4.99 Å². The molecule has 1 aliphatic rings. The minimum absolute atomic E-state index is 0.0803. The third kappa shape index (κ3) is 2.43. The summed E-state index contributed by atoms with van der Waals surface area (Å²) in [4.78, 5) is 15.3. The standard InChI is InChI=1S/C12H13FN2O2/c1-3-7(2)14-9-5-10-11(4-8(9)13)17-6-12(16)15-10/h4-5H,3,6H2,1-2H3,(H,15,16). The minimum Gasteiger partial charge on any atom is -0.481 e. The largest absolute Gasteiger partial charge is 0.481 e. The normalized spacial score (nSPS) is 15.0. The van der Waals surface area contributed by atoms with E-state index in [-0.39, 0.29) is 18.2 Å². The molecule has 0 fully saturated rings. The van der Waals surface area contributed by atoms with Gasteiger partial charge in [-0.3, -0.25) is 9.79 Å². The number of anilines is 1. The monoisotopic (exact) mass is 236 g/mol. The summed E-state index contributed by atoms with van der Waals surface area (Å²) in [6.45, 7) is 3.69. The summed E-state index contributed by atoms with van der Waals surface area (Å²) in [6.07, 6.45) is 0.749. The average Bonchev–Trinajstić information content (AvgIpc) is 2.30. The molecular formula is C12H13FN2O2. The van der Waals surface area contributed by atoms with Gasteiger partial charge in [0.1, 0.15) is 11.4 Å². The number of aliphatic imine (C=N–C) groups is 1. The smallest absolute Gasteiger partial charge is 0.262 e. The highest BCUT2D eigenvalue weighted by molar-refractivity contribution is 5.96. The highest BCUT2D eigenvalue weighted by atomic mass is 19.1. The number of nitrogens with zero attached hydrogens (tertiary/aromatic N) is 1. The van der Waals surface area contributed by atoms with Gasteiger partial charge < -0.3 is 10.1 Å². The summed E-state index contributed by atoms with van der Waals surface area (Å²) in [5.74, 6) is -0.353. The van der Waals surface area contributed by atoms with Gasteiger partial charge in [0.15, 0.2) is 12.4 Å². The molecule has 17 heavy (non-hydrogen) atoms. The van der Waals surface area contributed by atoms with Crippen molar-refractivity contribution >= 4 is 23.0 Å². The summed E-state index contributed by atoms with van der Waals surface area (Å²) in [7, 11) is 0. The summed E-state index contributed by atoms with van der Waals surface area (Å²) in [5.41, 5.74) is 1.51. The summed E-state index contributed by atoms with van der Waals surface area (Å²) >= 11 is 0. The molecule has 1 N–H and O–H groups in total. The molecule has 1 amide bonds. The van der Waals surface area contributed by atoms with E-state index in [2.05, 4.69) is 10.3 Å². The lowest BCUT2D eigenvalue weighted by Gasteiger charge is -2.18. The molecule has 0 spiro atoms. The van der Waals surface area contributed by atoms with E-state index in [4.69, 9.17) is 4.74 Å². The number of benzene rings is 1. The SMILES string of the molecule is CCC(C)=Nc1cc2c(cc1F)OCC(=O)N2. The Morgan fingerprint density at radius 3 is 3.06 bits per heavy atom. The third-order valence-electron chi connectivity index (χ3n) is 2.50. The second kappa shape index (κ2) is 4.53. The highest BCUT2D eigenvalue weighted by Crippen LogP contribution is 2.34. The van der Waals surface area contributed by atoms with Crippen LogP contribution in [0.3, 0.4) is 0 Å². The molecule has 1 heterocycles. The number of hydrogen-bond acceptors (Lipinski definition) is 3. The topological polar surface area (TPSA) is 50.7 Å². The molecule has 1 aromatic rings. The van der Waals surface area contributed by atoms with Crippen LogP contribution in [0.5, 0.6) is 5.75 Å². The Morgan fingerprint density at radius 2 is 2.35 bits per heavy atom. The van der Waals surface area contributed by atoms with E-state index in [1.807, 2.05) is 13.8 Å². The molecular weight excluding hydrogens is 223 g/mol. The summed E-state index contributed by atoms with van der Waals surface area (Å²) < 4.78 is 18.8. The van der Waals surface area contributed by atoms with E-state index in [1.165, 1.54) is 12.1 Å². The second-order valence-electron chi connectivity index (χ2n) is 3.84. The fourth-order valence-electron chi connectivity index (χ4n) is 1.46. The van der Waals surface area contributed by atoms with Crippen molar-refractivity contribution in [2.75, 3.05) is 11.9 Å². The number of rotatable bonds is 2. The van der Waals surface area contributed by atoms with E-state index in [0.717, 1.165) is 12.1 Å². The van der Waals surface area contributed by atoms with Crippen LogP contribution in [0, 0.1) is 5.82 Å². The van der Waals surface area contributed by atoms with Gasteiger partial charge in [-0.2, -0.15) is 0 Å². The molecule has 0 saturated heterocycles. The lowest BCUT2D eigenvalue weighted by atomic mass is 10.2. The van der Waals surface area contributed by atoms with Crippen LogP contribution >= 0.6 is 0 Å². The van der Waals surface area contributed by atoms with E-state index < -0.39 is 5.82 Å². The molecule has 5 heteroatoms. The van der Waals surface area contributed by atoms with Gasteiger partial charge in [0.05, 0.1) is 5.69 Å². The van der Waals surface area contributed by atoms with Crippen LogP contribution in [0.4, 0.5) is 15.8 Å². The molecule has 0 bridgehead atoms. The molecule has 1 aliphatic heterocycles. The van der Waals surface area contributed by atoms with Crippen molar-refractivity contribution in [3.8, 4) is 5.75 Å². The fourth-order valence-corrected chi connectivity index (χ4v) is 1.46. The average molecular weight is 236 g/mol. The van der Waals surface area contributed by atoms with E-state index in [1.54, 1.807) is 0 Å². The zero-order valence-corrected chi connectivity index (χ0v) is 9.71. The molecule has 1 aromatic carbocycles. The summed E-state index contributed by atoms with van der Waals surface area (Å²) in [6, 6.07) is 2.73. The quantitative estimate of drug-likeness (QED) is 0.802. The van der Waals surface area contributed by atoms with Crippen molar-refractivity contribution in [3.63, 3.8) is 0 Å². The number of carbonyl (C=O) groups is 1. The van der Waals surface area contributed by atoms with Crippen LogP contribution in [0.1, 0.15) is 20.3 Å². The van der Waals surface area contributed by atoms with Gasteiger partial charge in [0.2, 0.25) is 0 Å². The number of fused-ring (bicyclic) bond motifs is 1. The number of ether oxygens (including phenoxy) is 1. The molecule has 0 atom stereocenters. The van der Waals surface area contributed by atoms with Crippen molar-refractivity contribution < 1.29 is 13.9 Å². The Bertz CT molecular complexity index is 498.